The van der Waals surface area contributed by atoms with Crippen molar-refractivity contribution in [2.24, 2.45) is 0 Å². The molecular weight excluding hydrogens is 372 g/mol. The van der Waals surface area contributed by atoms with E-state index in [-0.39, 0.29) is 11.4 Å². The Labute approximate surface area is 149 Å². The third-order valence-electron chi connectivity index (χ3n) is 3.01. The molecule has 1 N–H and O–H groups in total. The van der Waals surface area contributed by atoms with Crippen LogP contribution in [0.25, 0.3) is 0 Å². The minimum atomic E-state index is -3.48. The lowest BCUT2D eigenvalue weighted by Crippen LogP contribution is -2.27. The molecule has 2 rings (SSSR count). The van der Waals surface area contributed by atoms with Crippen molar-refractivity contribution in [1.82, 2.24) is 4.72 Å². The molecule has 0 fully saturated rings. The van der Waals surface area contributed by atoms with Crippen LogP contribution in [0, 0.1) is 10.1 Å². The molecule has 0 bridgehead atoms. The predicted molar refractivity (Wildman–Crippen MR) is 95.9 cm³/mol. The average Bonchev–Trinajstić information content (AvgIpc) is 2.53. The third-order valence-corrected chi connectivity index (χ3v) is 5.63. The van der Waals surface area contributed by atoms with E-state index in [1.54, 1.807) is 12.1 Å². The standard InChI is InChI=1S/C15H15ClN2O4S2/c16-13-3-7-15(8-4-13)23-10-9-17-24(21,22)11-12-1-5-14(6-2-12)18(19)20/h1-8,17H,9-11H2. The minimum Gasteiger partial charge on any atom is -0.258 e. The summed E-state index contributed by atoms with van der Waals surface area (Å²) in [5, 5.41) is 11.2. The lowest BCUT2D eigenvalue weighted by Gasteiger charge is -2.07. The van der Waals surface area contributed by atoms with Crippen LogP contribution in [0.15, 0.2) is 53.4 Å². The monoisotopic (exact) mass is 386 g/mol. The summed E-state index contributed by atoms with van der Waals surface area (Å²) >= 11 is 7.32. The van der Waals surface area contributed by atoms with Gasteiger partial charge in [0.2, 0.25) is 10.0 Å². The third kappa shape index (κ3) is 6.12. The van der Waals surface area contributed by atoms with E-state index in [4.69, 9.17) is 11.6 Å². The van der Waals surface area contributed by atoms with E-state index in [1.165, 1.54) is 36.0 Å². The molecule has 0 radical (unpaired) electrons. The first-order chi connectivity index (χ1) is 11.4. The fraction of sp³-hybridized carbons (Fsp3) is 0.200. The Balaban J connectivity index is 1.80. The van der Waals surface area contributed by atoms with Crippen molar-refractivity contribution >= 4 is 39.1 Å². The largest absolute Gasteiger partial charge is 0.269 e. The van der Waals surface area contributed by atoms with Gasteiger partial charge in [0.15, 0.2) is 0 Å². The molecular formula is C15H15ClN2O4S2. The quantitative estimate of drug-likeness (QED) is 0.325. The van der Waals surface area contributed by atoms with Gasteiger partial charge in [-0.3, -0.25) is 10.1 Å². The van der Waals surface area contributed by atoms with E-state index in [2.05, 4.69) is 4.72 Å². The van der Waals surface area contributed by atoms with Crippen LogP contribution in [0.1, 0.15) is 5.56 Å². The highest BCUT2D eigenvalue weighted by atomic mass is 35.5. The Kier molecular flexibility index (Phi) is 6.61. The zero-order chi connectivity index (χ0) is 17.6. The summed E-state index contributed by atoms with van der Waals surface area (Å²) in [6, 6.07) is 12.8. The van der Waals surface area contributed by atoms with Gasteiger partial charge in [0.05, 0.1) is 10.7 Å². The summed E-state index contributed by atoms with van der Waals surface area (Å²) in [5.41, 5.74) is 0.432. The number of nitro groups is 1. The molecule has 0 atom stereocenters. The van der Waals surface area contributed by atoms with Gasteiger partial charge < -0.3 is 0 Å². The Morgan fingerprint density at radius 1 is 1.08 bits per heavy atom. The molecule has 0 aliphatic rings. The highest BCUT2D eigenvalue weighted by Crippen LogP contribution is 2.20. The summed E-state index contributed by atoms with van der Waals surface area (Å²) in [5.74, 6) is 0.373. The average molecular weight is 387 g/mol. The van der Waals surface area contributed by atoms with Crippen molar-refractivity contribution in [2.75, 3.05) is 12.3 Å². The number of halogens is 1. The van der Waals surface area contributed by atoms with E-state index >= 15 is 0 Å². The number of nitrogens with one attached hydrogen (secondary N) is 1. The van der Waals surface area contributed by atoms with Gasteiger partial charge in [0, 0.05) is 34.3 Å². The maximum atomic E-state index is 12.0. The van der Waals surface area contributed by atoms with Crippen LogP contribution in [0.2, 0.25) is 5.02 Å². The van der Waals surface area contributed by atoms with Gasteiger partial charge in [-0.15, -0.1) is 11.8 Å². The molecule has 0 saturated heterocycles. The van der Waals surface area contributed by atoms with Crippen LogP contribution in [0.3, 0.4) is 0 Å². The van der Waals surface area contributed by atoms with E-state index in [1.807, 2.05) is 12.1 Å². The Hall–Kier alpha value is -1.61. The lowest BCUT2D eigenvalue weighted by molar-refractivity contribution is -0.384. The zero-order valence-corrected chi connectivity index (χ0v) is 14.9. The normalized spacial score (nSPS) is 11.4. The molecule has 0 spiro atoms. The van der Waals surface area contributed by atoms with Gasteiger partial charge in [-0.1, -0.05) is 23.7 Å². The summed E-state index contributed by atoms with van der Waals surface area (Å²) in [7, 11) is -3.48. The van der Waals surface area contributed by atoms with E-state index in [0.29, 0.717) is 22.9 Å². The molecule has 0 amide bonds. The number of benzene rings is 2. The summed E-state index contributed by atoms with van der Waals surface area (Å²) < 4.78 is 26.5. The number of hydrogen-bond donors (Lipinski definition) is 1. The van der Waals surface area contributed by atoms with E-state index in [0.717, 1.165) is 4.90 Å². The van der Waals surface area contributed by atoms with Crippen molar-refractivity contribution in [1.29, 1.82) is 0 Å². The lowest BCUT2D eigenvalue weighted by atomic mass is 10.2. The summed E-state index contributed by atoms with van der Waals surface area (Å²) in [4.78, 5) is 11.1. The molecule has 0 saturated carbocycles. The van der Waals surface area contributed by atoms with Crippen molar-refractivity contribution in [3.05, 3.63) is 69.2 Å². The molecule has 0 aromatic heterocycles. The number of non-ortho nitro benzene ring substituents is 1. The Morgan fingerprint density at radius 2 is 1.71 bits per heavy atom. The molecule has 128 valence electrons. The molecule has 0 aliphatic carbocycles. The van der Waals surface area contributed by atoms with Crippen molar-refractivity contribution in [2.45, 2.75) is 10.6 Å². The second-order valence-corrected chi connectivity index (χ2v) is 8.29. The molecule has 0 unspecified atom stereocenters. The molecule has 2 aromatic carbocycles. The highest BCUT2D eigenvalue weighted by Gasteiger charge is 2.12. The Bertz CT molecular complexity index is 793. The smallest absolute Gasteiger partial charge is 0.258 e. The van der Waals surface area contributed by atoms with Gasteiger partial charge in [-0.05, 0) is 29.8 Å². The maximum Gasteiger partial charge on any atom is 0.269 e. The van der Waals surface area contributed by atoms with Gasteiger partial charge in [0.25, 0.3) is 5.69 Å². The van der Waals surface area contributed by atoms with Gasteiger partial charge >= 0.3 is 0 Å². The fourth-order valence-corrected chi connectivity index (χ4v) is 4.05. The first kappa shape index (κ1) is 18.7. The van der Waals surface area contributed by atoms with E-state index in [9.17, 15) is 18.5 Å². The number of hydrogen-bond acceptors (Lipinski definition) is 5. The zero-order valence-electron chi connectivity index (χ0n) is 12.5. The van der Waals surface area contributed by atoms with Crippen LogP contribution >= 0.6 is 23.4 Å². The first-order valence-corrected chi connectivity index (χ1v) is 9.96. The molecule has 9 heteroatoms. The van der Waals surface area contributed by atoms with Crippen LogP contribution in [0.4, 0.5) is 5.69 Å². The first-order valence-electron chi connectivity index (χ1n) is 6.95. The second kappa shape index (κ2) is 8.48. The maximum absolute atomic E-state index is 12.0. The summed E-state index contributed by atoms with van der Waals surface area (Å²) in [6.07, 6.45) is 0. The van der Waals surface area contributed by atoms with Crippen LogP contribution < -0.4 is 4.72 Å². The van der Waals surface area contributed by atoms with E-state index < -0.39 is 14.9 Å². The van der Waals surface area contributed by atoms with Gasteiger partial charge in [0.1, 0.15) is 0 Å². The molecule has 0 heterocycles. The van der Waals surface area contributed by atoms with Crippen LogP contribution in [0.5, 0.6) is 0 Å². The molecule has 6 nitrogen and oxygen atoms in total. The van der Waals surface area contributed by atoms with Gasteiger partial charge in [-0.25, -0.2) is 13.1 Å². The van der Waals surface area contributed by atoms with Crippen LogP contribution in [-0.4, -0.2) is 25.6 Å². The van der Waals surface area contributed by atoms with Crippen molar-refractivity contribution < 1.29 is 13.3 Å². The fourth-order valence-electron chi connectivity index (χ4n) is 1.88. The number of nitrogens with zero attached hydrogens (tertiary/aromatic N) is 1. The molecule has 24 heavy (non-hydrogen) atoms. The number of rotatable bonds is 8. The number of thioether (sulfide) groups is 1. The predicted octanol–water partition coefficient (Wildman–Crippen LogP) is 3.46. The van der Waals surface area contributed by atoms with Crippen molar-refractivity contribution in [3.8, 4) is 0 Å². The van der Waals surface area contributed by atoms with Crippen molar-refractivity contribution in [3.63, 3.8) is 0 Å². The number of sulfonamides is 1. The highest BCUT2D eigenvalue weighted by molar-refractivity contribution is 7.99. The summed E-state index contributed by atoms with van der Waals surface area (Å²) in [6.45, 7) is 0.294. The SMILES string of the molecule is O=[N+]([O-])c1ccc(CS(=O)(=O)NCCSc2ccc(Cl)cc2)cc1. The Morgan fingerprint density at radius 3 is 2.29 bits per heavy atom. The number of nitro benzene ring substituents is 1. The van der Waals surface area contributed by atoms with Crippen LogP contribution in [-0.2, 0) is 15.8 Å². The second-order valence-electron chi connectivity index (χ2n) is 4.88. The van der Waals surface area contributed by atoms with Gasteiger partial charge in [-0.2, -0.15) is 0 Å². The minimum absolute atomic E-state index is 0.0662. The molecule has 2 aromatic rings. The molecule has 0 aliphatic heterocycles. The topological polar surface area (TPSA) is 89.3 Å².